The van der Waals surface area contributed by atoms with Crippen molar-refractivity contribution < 1.29 is 4.39 Å². The first-order valence-corrected chi connectivity index (χ1v) is 5.37. The Morgan fingerprint density at radius 2 is 2.20 bits per heavy atom. The van der Waals surface area contributed by atoms with Gasteiger partial charge in [0, 0.05) is 16.2 Å². The van der Waals surface area contributed by atoms with Crippen molar-refractivity contribution in [3.63, 3.8) is 0 Å². The molecule has 0 saturated carbocycles. The van der Waals surface area contributed by atoms with E-state index < -0.39 is 0 Å². The number of H-pyrrole nitrogens is 1. The van der Waals surface area contributed by atoms with Crippen LogP contribution in [-0.4, -0.2) is 9.97 Å². The zero-order chi connectivity index (χ0) is 10.8. The molecule has 1 aromatic carbocycles. The highest BCUT2D eigenvalue weighted by Crippen LogP contribution is 2.26. The highest BCUT2D eigenvalue weighted by atomic mass is 79.9. The van der Waals surface area contributed by atoms with Crippen molar-refractivity contribution in [3.05, 3.63) is 45.5 Å². The average Bonchev–Trinajstić information content (AvgIpc) is 2.20. The maximum absolute atomic E-state index is 12.9. The van der Waals surface area contributed by atoms with Crippen LogP contribution in [0.5, 0.6) is 0 Å². The molecule has 0 saturated heterocycles. The fourth-order valence-electron chi connectivity index (χ4n) is 1.19. The molecule has 0 aliphatic carbocycles. The van der Waals surface area contributed by atoms with E-state index in [-0.39, 0.29) is 5.82 Å². The minimum atomic E-state index is -0.283. The molecule has 0 unspecified atom stereocenters. The van der Waals surface area contributed by atoms with Crippen molar-refractivity contribution in [1.82, 2.24) is 9.97 Å². The summed E-state index contributed by atoms with van der Waals surface area (Å²) in [6.45, 7) is 0. The van der Waals surface area contributed by atoms with Crippen LogP contribution in [-0.2, 0) is 0 Å². The molecule has 0 spiro atoms. The Kier molecular flexibility index (Phi) is 2.93. The first-order valence-electron chi connectivity index (χ1n) is 4.17. The zero-order valence-corrected chi connectivity index (χ0v) is 9.90. The van der Waals surface area contributed by atoms with Gasteiger partial charge in [0.2, 0.25) is 0 Å². The fraction of sp³-hybridized carbons (Fsp3) is 0. The largest absolute Gasteiger partial charge is 0.350 e. The van der Waals surface area contributed by atoms with Gasteiger partial charge in [-0.25, -0.2) is 4.39 Å². The molecule has 2 rings (SSSR count). The lowest BCUT2D eigenvalue weighted by atomic mass is 10.1. The van der Waals surface area contributed by atoms with Gasteiger partial charge in [-0.05, 0) is 34.1 Å². The molecule has 0 radical (unpaired) electrons. The maximum Gasteiger partial charge on any atom is 0.124 e. The second-order valence-corrected chi connectivity index (χ2v) is 4.21. The SMILES string of the molecule is Fc1ccc(-c2c[nH]c(=S)cn2)c(Br)c1. The van der Waals surface area contributed by atoms with Crippen LogP contribution in [0, 0.1) is 10.5 Å². The summed E-state index contributed by atoms with van der Waals surface area (Å²) in [5.41, 5.74) is 1.54. The quantitative estimate of drug-likeness (QED) is 0.809. The Balaban J connectivity index is 2.54. The Labute approximate surface area is 99.3 Å². The lowest BCUT2D eigenvalue weighted by molar-refractivity contribution is 0.627. The van der Waals surface area contributed by atoms with Gasteiger partial charge in [0.1, 0.15) is 10.5 Å². The van der Waals surface area contributed by atoms with Crippen molar-refractivity contribution >= 4 is 28.1 Å². The molecular formula is C10H6BrFN2S. The standard InChI is InChI=1S/C10H6BrFN2S/c11-8-3-6(12)1-2-7(8)9-4-14-10(15)5-13-9/h1-5H,(H,14,15). The van der Waals surface area contributed by atoms with Gasteiger partial charge in [-0.15, -0.1) is 0 Å². The number of rotatable bonds is 1. The lowest BCUT2D eigenvalue weighted by Crippen LogP contribution is -1.87. The van der Waals surface area contributed by atoms with E-state index in [0.29, 0.717) is 9.11 Å². The maximum atomic E-state index is 12.9. The number of halogens is 2. The summed E-state index contributed by atoms with van der Waals surface area (Å²) < 4.78 is 14.1. The monoisotopic (exact) mass is 284 g/mol. The summed E-state index contributed by atoms with van der Waals surface area (Å²) in [4.78, 5) is 7.03. The molecule has 0 aliphatic rings. The second kappa shape index (κ2) is 4.20. The number of aromatic nitrogens is 2. The summed E-state index contributed by atoms with van der Waals surface area (Å²) in [5.74, 6) is -0.283. The van der Waals surface area contributed by atoms with Crippen LogP contribution in [0.3, 0.4) is 0 Å². The third-order valence-corrected chi connectivity index (χ3v) is 2.76. The summed E-state index contributed by atoms with van der Waals surface area (Å²) in [6.07, 6.45) is 3.25. The van der Waals surface area contributed by atoms with E-state index in [1.807, 2.05) is 0 Å². The molecule has 0 amide bonds. The van der Waals surface area contributed by atoms with Gasteiger partial charge >= 0.3 is 0 Å². The highest BCUT2D eigenvalue weighted by molar-refractivity contribution is 9.10. The smallest absolute Gasteiger partial charge is 0.124 e. The minimum absolute atomic E-state index is 0.283. The number of hydrogen-bond donors (Lipinski definition) is 1. The number of benzene rings is 1. The summed E-state index contributed by atoms with van der Waals surface area (Å²) in [6, 6.07) is 4.46. The van der Waals surface area contributed by atoms with E-state index >= 15 is 0 Å². The van der Waals surface area contributed by atoms with Crippen LogP contribution in [0.1, 0.15) is 0 Å². The molecule has 76 valence electrons. The van der Waals surface area contributed by atoms with Gasteiger partial charge in [0.25, 0.3) is 0 Å². The fourth-order valence-corrected chi connectivity index (χ4v) is 1.85. The molecule has 2 nitrogen and oxygen atoms in total. The van der Waals surface area contributed by atoms with Gasteiger partial charge < -0.3 is 4.98 Å². The van der Waals surface area contributed by atoms with Crippen LogP contribution in [0.25, 0.3) is 11.3 Å². The first-order chi connectivity index (χ1) is 7.16. The van der Waals surface area contributed by atoms with E-state index in [1.54, 1.807) is 18.5 Å². The lowest BCUT2D eigenvalue weighted by Gasteiger charge is -2.02. The van der Waals surface area contributed by atoms with E-state index in [1.165, 1.54) is 12.1 Å². The molecule has 15 heavy (non-hydrogen) atoms. The molecule has 1 aromatic heterocycles. The highest BCUT2D eigenvalue weighted by Gasteiger charge is 2.04. The normalized spacial score (nSPS) is 10.3. The minimum Gasteiger partial charge on any atom is -0.350 e. The van der Waals surface area contributed by atoms with E-state index in [9.17, 15) is 4.39 Å². The third kappa shape index (κ3) is 2.30. The Morgan fingerprint density at radius 1 is 1.40 bits per heavy atom. The average molecular weight is 285 g/mol. The topological polar surface area (TPSA) is 28.7 Å². The van der Waals surface area contributed by atoms with Crippen molar-refractivity contribution in [2.45, 2.75) is 0 Å². The van der Waals surface area contributed by atoms with Gasteiger partial charge in [-0.2, -0.15) is 0 Å². The van der Waals surface area contributed by atoms with Gasteiger partial charge in [-0.3, -0.25) is 4.98 Å². The van der Waals surface area contributed by atoms with E-state index in [0.717, 1.165) is 11.3 Å². The van der Waals surface area contributed by atoms with E-state index in [4.69, 9.17) is 12.2 Å². The van der Waals surface area contributed by atoms with Crippen LogP contribution >= 0.6 is 28.1 Å². The molecule has 0 atom stereocenters. The third-order valence-electron chi connectivity index (χ3n) is 1.88. The Hall–Kier alpha value is -1.07. The summed E-state index contributed by atoms with van der Waals surface area (Å²) in [5, 5.41) is 0. The molecule has 1 heterocycles. The number of aromatic amines is 1. The predicted molar refractivity (Wildman–Crippen MR) is 62.5 cm³/mol. The Bertz CT molecular complexity index is 533. The molecule has 0 aliphatic heterocycles. The van der Waals surface area contributed by atoms with Gasteiger partial charge in [0.05, 0.1) is 11.9 Å². The first kappa shape index (κ1) is 10.4. The van der Waals surface area contributed by atoms with Crippen molar-refractivity contribution in [2.75, 3.05) is 0 Å². The van der Waals surface area contributed by atoms with Crippen LogP contribution in [0.15, 0.2) is 35.1 Å². The molecule has 1 N–H and O–H groups in total. The van der Waals surface area contributed by atoms with Crippen LogP contribution in [0.4, 0.5) is 4.39 Å². The summed E-state index contributed by atoms with van der Waals surface area (Å²) >= 11 is 8.17. The van der Waals surface area contributed by atoms with Crippen LogP contribution in [0.2, 0.25) is 0 Å². The Morgan fingerprint density at radius 3 is 2.80 bits per heavy atom. The molecule has 0 bridgehead atoms. The second-order valence-electron chi connectivity index (χ2n) is 2.92. The number of nitrogens with zero attached hydrogens (tertiary/aromatic N) is 1. The molecule has 5 heteroatoms. The van der Waals surface area contributed by atoms with E-state index in [2.05, 4.69) is 25.9 Å². The molecule has 2 aromatic rings. The number of hydrogen-bond acceptors (Lipinski definition) is 2. The van der Waals surface area contributed by atoms with Crippen molar-refractivity contribution in [3.8, 4) is 11.3 Å². The zero-order valence-electron chi connectivity index (χ0n) is 7.50. The molecular weight excluding hydrogens is 279 g/mol. The van der Waals surface area contributed by atoms with Crippen molar-refractivity contribution in [1.29, 1.82) is 0 Å². The van der Waals surface area contributed by atoms with Crippen LogP contribution < -0.4 is 0 Å². The van der Waals surface area contributed by atoms with Gasteiger partial charge in [-0.1, -0.05) is 12.2 Å². The summed E-state index contributed by atoms with van der Waals surface area (Å²) in [7, 11) is 0. The van der Waals surface area contributed by atoms with Crippen molar-refractivity contribution in [2.24, 2.45) is 0 Å². The molecule has 0 fully saturated rings. The number of nitrogens with one attached hydrogen (secondary N) is 1. The predicted octanol–water partition coefficient (Wildman–Crippen LogP) is 3.71. The van der Waals surface area contributed by atoms with Gasteiger partial charge in [0.15, 0.2) is 0 Å².